The van der Waals surface area contributed by atoms with E-state index < -0.39 is 0 Å². The smallest absolute Gasteiger partial charge is 0.113 e. The largest absolute Gasteiger partial charge is 0.508 e. The molecule has 3 rings (SSSR count). The highest BCUT2D eigenvalue weighted by atomic mass is 19.1. The van der Waals surface area contributed by atoms with Crippen molar-refractivity contribution in [3.63, 3.8) is 0 Å². The summed E-state index contributed by atoms with van der Waals surface area (Å²) in [5, 5.41) is 16.0. The number of aliphatic hydroxyl groups excluding tert-OH is 1. The van der Waals surface area contributed by atoms with Crippen LogP contribution in [0, 0.1) is 0 Å². The first kappa shape index (κ1) is 12.1. The van der Waals surface area contributed by atoms with E-state index >= 15 is 0 Å². The fourth-order valence-corrected chi connectivity index (χ4v) is 2.81. The molecule has 1 aliphatic heterocycles. The van der Waals surface area contributed by atoms with E-state index in [1.807, 2.05) is 24.3 Å². The lowest BCUT2D eigenvalue weighted by Gasteiger charge is -2.29. The number of hydrogen-bond donors (Lipinski definition) is 3. The first-order chi connectivity index (χ1) is 9.13. The highest BCUT2D eigenvalue weighted by Gasteiger charge is 2.41. The van der Waals surface area contributed by atoms with Gasteiger partial charge in [-0.25, -0.2) is 4.39 Å². The van der Waals surface area contributed by atoms with Crippen molar-refractivity contribution in [3.05, 3.63) is 47.7 Å². The fraction of sp³-hybridized carbons (Fsp3) is 0.333. The third-order valence-electron chi connectivity index (χ3n) is 3.92. The molecule has 1 aromatic rings. The maximum absolute atomic E-state index is 12.2. The van der Waals surface area contributed by atoms with E-state index in [1.165, 1.54) is 5.56 Å². The van der Waals surface area contributed by atoms with Gasteiger partial charge in [0.2, 0.25) is 0 Å². The first-order valence-electron chi connectivity index (χ1n) is 6.44. The molecule has 3 N–H and O–H groups in total. The number of rotatable bonds is 3. The van der Waals surface area contributed by atoms with Crippen molar-refractivity contribution in [2.45, 2.75) is 18.4 Å². The van der Waals surface area contributed by atoms with Crippen LogP contribution in [0.4, 0.5) is 15.8 Å². The number of nitrogens with one attached hydrogen (secondary N) is 2. The number of benzene rings is 1. The first-order valence-corrected chi connectivity index (χ1v) is 6.44. The molecule has 0 fully saturated rings. The summed E-state index contributed by atoms with van der Waals surface area (Å²) < 4.78 is 12.2. The van der Waals surface area contributed by atoms with Crippen molar-refractivity contribution in [3.8, 4) is 0 Å². The van der Waals surface area contributed by atoms with Gasteiger partial charge in [0, 0.05) is 23.3 Å². The van der Waals surface area contributed by atoms with E-state index in [-0.39, 0.29) is 18.1 Å². The summed E-state index contributed by atoms with van der Waals surface area (Å²) in [6, 6.07) is 6.08. The standard InChI is InChI=1S/C15H17FN2O/c1-15-5-4-11(19)9-14(15)18-13-8-10(17-7-6-16)2-3-12(13)15/h2-5,8-9,14,17-19H,6-7H2,1H3. The molecule has 19 heavy (non-hydrogen) atoms. The molecule has 1 heterocycles. The molecule has 0 spiro atoms. The summed E-state index contributed by atoms with van der Waals surface area (Å²) in [7, 11) is 0. The Morgan fingerprint density at radius 1 is 1.47 bits per heavy atom. The van der Waals surface area contributed by atoms with Crippen LogP contribution in [0.5, 0.6) is 0 Å². The van der Waals surface area contributed by atoms with Crippen molar-refractivity contribution in [1.29, 1.82) is 0 Å². The fourth-order valence-electron chi connectivity index (χ4n) is 2.81. The van der Waals surface area contributed by atoms with Gasteiger partial charge in [0.15, 0.2) is 0 Å². The lowest BCUT2D eigenvalue weighted by Crippen LogP contribution is -2.34. The molecule has 0 bridgehead atoms. The van der Waals surface area contributed by atoms with Crippen molar-refractivity contribution in [2.75, 3.05) is 23.9 Å². The van der Waals surface area contributed by atoms with Crippen LogP contribution in [-0.2, 0) is 5.41 Å². The second kappa shape index (κ2) is 4.30. The third kappa shape index (κ3) is 1.87. The molecule has 0 saturated carbocycles. The second-order valence-electron chi connectivity index (χ2n) is 5.21. The minimum absolute atomic E-state index is 0.0592. The lowest BCUT2D eigenvalue weighted by molar-refractivity contribution is 0.414. The summed E-state index contributed by atoms with van der Waals surface area (Å²) >= 11 is 0. The van der Waals surface area contributed by atoms with Crippen molar-refractivity contribution in [1.82, 2.24) is 0 Å². The SMILES string of the molecule is CC12C=CC(O)=CC1Nc1cc(NCCF)ccc12. The topological polar surface area (TPSA) is 44.3 Å². The number of alkyl halides is 1. The number of anilines is 2. The quantitative estimate of drug-likeness (QED) is 0.782. The number of aliphatic hydroxyl groups is 1. The van der Waals surface area contributed by atoms with Gasteiger partial charge >= 0.3 is 0 Å². The van der Waals surface area contributed by atoms with Gasteiger partial charge in [-0.3, -0.25) is 0 Å². The third-order valence-corrected chi connectivity index (χ3v) is 3.92. The summed E-state index contributed by atoms with van der Waals surface area (Å²) in [6.07, 6.45) is 5.59. The maximum Gasteiger partial charge on any atom is 0.113 e. The van der Waals surface area contributed by atoms with Crippen LogP contribution in [0.1, 0.15) is 12.5 Å². The van der Waals surface area contributed by atoms with Crippen LogP contribution in [0.3, 0.4) is 0 Å². The minimum atomic E-state index is -0.385. The minimum Gasteiger partial charge on any atom is -0.508 e. The summed E-state index contributed by atoms with van der Waals surface area (Å²) in [5.74, 6) is 0.290. The van der Waals surface area contributed by atoms with Crippen molar-refractivity contribution < 1.29 is 9.50 Å². The lowest BCUT2D eigenvalue weighted by atomic mass is 9.76. The Morgan fingerprint density at radius 3 is 3.11 bits per heavy atom. The second-order valence-corrected chi connectivity index (χ2v) is 5.21. The summed E-state index contributed by atoms with van der Waals surface area (Å²) in [6.45, 7) is 2.08. The average molecular weight is 260 g/mol. The van der Waals surface area contributed by atoms with Crippen LogP contribution in [0.15, 0.2) is 42.2 Å². The van der Waals surface area contributed by atoms with Gasteiger partial charge in [-0.1, -0.05) is 12.1 Å². The highest BCUT2D eigenvalue weighted by molar-refractivity contribution is 5.71. The van der Waals surface area contributed by atoms with Gasteiger partial charge in [-0.2, -0.15) is 0 Å². The average Bonchev–Trinajstić information content (AvgIpc) is 2.68. The van der Waals surface area contributed by atoms with Crippen LogP contribution >= 0.6 is 0 Å². The molecule has 0 aromatic heterocycles. The normalized spacial score (nSPS) is 27.3. The van der Waals surface area contributed by atoms with E-state index in [9.17, 15) is 9.50 Å². The Morgan fingerprint density at radius 2 is 2.32 bits per heavy atom. The van der Waals surface area contributed by atoms with E-state index in [0.717, 1.165) is 11.4 Å². The van der Waals surface area contributed by atoms with Crippen LogP contribution in [0.25, 0.3) is 0 Å². The molecular weight excluding hydrogens is 243 g/mol. The molecule has 0 radical (unpaired) electrons. The number of allylic oxidation sites excluding steroid dienone is 1. The predicted octanol–water partition coefficient (Wildman–Crippen LogP) is 3.13. The molecule has 0 saturated heterocycles. The van der Waals surface area contributed by atoms with E-state index in [1.54, 1.807) is 6.08 Å². The molecule has 2 unspecified atom stereocenters. The molecule has 1 aromatic carbocycles. The van der Waals surface area contributed by atoms with Crippen LogP contribution < -0.4 is 10.6 Å². The number of halogens is 1. The van der Waals surface area contributed by atoms with Gasteiger partial charge in [0.1, 0.15) is 12.4 Å². The van der Waals surface area contributed by atoms with E-state index in [0.29, 0.717) is 12.3 Å². The maximum atomic E-state index is 12.2. The number of hydrogen-bond acceptors (Lipinski definition) is 3. The highest BCUT2D eigenvalue weighted by Crippen LogP contribution is 2.45. The van der Waals surface area contributed by atoms with Crippen LogP contribution in [-0.4, -0.2) is 24.4 Å². The Labute approximate surface area is 111 Å². The molecule has 4 heteroatoms. The van der Waals surface area contributed by atoms with E-state index in [2.05, 4.69) is 23.6 Å². The Hall–Kier alpha value is -1.97. The molecule has 3 nitrogen and oxygen atoms in total. The van der Waals surface area contributed by atoms with Gasteiger partial charge in [-0.15, -0.1) is 0 Å². The van der Waals surface area contributed by atoms with Gasteiger partial charge < -0.3 is 15.7 Å². The zero-order valence-electron chi connectivity index (χ0n) is 10.8. The monoisotopic (exact) mass is 260 g/mol. The van der Waals surface area contributed by atoms with Gasteiger partial charge in [0.05, 0.1) is 6.04 Å². The molecule has 2 aliphatic rings. The molecule has 0 amide bonds. The zero-order chi connectivity index (χ0) is 13.5. The molecule has 100 valence electrons. The van der Waals surface area contributed by atoms with E-state index in [4.69, 9.17) is 0 Å². The zero-order valence-corrected chi connectivity index (χ0v) is 10.8. The van der Waals surface area contributed by atoms with Gasteiger partial charge in [0.25, 0.3) is 0 Å². The summed E-state index contributed by atoms with van der Waals surface area (Å²) in [5.41, 5.74) is 3.00. The van der Waals surface area contributed by atoms with Gasteiger partial charge in [-0.05, 0) is 36.8 Å². The molecule has 2 atom stereocenters. The Bertz CT molecular complexity index is 567. The number of fused-ring (bicyclic) bond motifs is 3. The Balaban J connectivity index is 1.95. The van der Waals surface area contributed by atoms with Crippen molar-refractivity contribution >= 4 is 11.4 Å². The predicted molar refractivity (Wildman–Crippen MR) is 75.5 cm³/mol. The Kier molecular flexibility index (Phi) is 2.73. The molecular formula is C15H17FN2O. The van der Waals surface area contributed by atoms with Crippen molar-refractivity contribution in [2.24, 2.45) is 0 Å². The molecule has 1 aliphatic carbocycles. The summed E-state index contributed by atoms with van der Waals surface area (Å²) in [4.78, 5) is 0. The van der Waals surface area contributed by atoms with Crippen LogP contribution in [0.2, 0.25) is 0 Å².